The molecule has 0 aromatic heterocycles. The maximum atomic E-state index is 11.0. The van der Waals surface area contributed by atoms with Crippen LogP contribution in [0.2, 0.25) is 0 Å². The summed E-state index contributed by atoms with van der Waals surface area (Å²) in [6, 6.07) is 14.0. The van der Waals surface area contributed by atoms with E-state index in [1.165, 1.54) is 0 Å². The van der Waals surface area contributed by atoms with E-state index in [1.54, 1.807) is 36.4 Å². The highest BCUT2D eigenvalue weighted by atomic mass is 16.2. The number of carbonyl (C=O) groups is 4. The van der Waals surface area contributed by atoms with Gasteiger partial charge in [-0.2, -0.15) is 0 Å². The van der Waals surface area contributed by atoms with Gasteiger partial charge in [0.15, 0.2) is 0 Å². The second-order valence-electron chi connectivity index (χ2n) is 4.92. The van der Waals surface area contributed by atoms with Gasteiger partial charge in [0, 0.05) is 12.0 Å². The number of fused-ring (bicyclic) bond motifs is 2. The average molecular weight is 293 g/mol. The highest BCUT2D eigenvalue weighted by molar-refractivity contribution is 6.51. The number of ketones is 3. The standard InChI is InChI=1S/C9H6O2.C8H5NO2/c10-8-5-6-3-1-2-4-7(6)9(8)11;10-7-5-3-1-2-4-6(5)9-8(7)11/h1-4H,5H2;1-4H,(H,9,10,11). The third-order valence-corrected chi connectivity index (χ3v) is 3.49. The van der Waals surface area contributed by atoms with Gasteiger partial charge in [-0.05, 0) is 17.7 Å². The summed E-state index contributed by atoms with van der Waals surface area (Å²) < 4.78 is 0. The Kier molecular flexibility index (Phi) is 3.39. The van der Waals surface area contributed by atoms with Gasteiger partial charge in [0.25, 0.3) is 11.7 Å². The lowest BCUT2D eigenvalue weighted by Gasteiger charge is -1.91. The van der Waals surface area contributed by atoms with E-state index in [0.717, 1.165) is 5.56 Å². The lowest BCUT2D eigenvalue weighted by atomic mass is 10.1. The zero-order valence-electron chi connectivity index (χ0n) is 11.5. The van der Waals surface area contributed by atoms with E-state index < -0.39 is 11.7 Å². The molecular formula is C17H11NO4. The van der Waals surface area contributed by atoms with Crippen molar-refractivity contribution in [1.29, 1.82) is 0 Å². The number of para-hydroxylation sites is 1. The number of carbonyl (C=O) groups excluding carboxylic acids is 4. The monoisotopic (exact) mass is 293 g/mol. The minimum atomic E-state index is -0.536. The van der Waals surface area contributed by atoms with Crippen molar-refractivity contribution >= 4 is 28.9 Å². The Hall–Kier alpha value is -3.08. The smallest absolute Gasteiger partial charge is 0.296 e. The normalized spacial score (nSPS) is 14.9. The average Bonchev–Trinajstić information content (AvgIpc) is 2.98. The van der Waals surface area contributed by atoms with Crippen molar-refractivity contribution in [3.63, 3.8) is 0 Å². The van der Waals surface area contributed by atoms with Gasteiger partial charge in [-0.1, -0.05) is 36.4 Å². The van der Waals surface area contributed by atoms with Gasteiger partial charge in [-0.3, -0.25) is 19.2 Å². The molecule has 108 valence electrons. The number of anilines is 1. The van der Waals surface area contributed by atoms with Gasteiger partial charge in [-0.15, -0.1) is 0 Å². The van der Waals surface area contributed by atoms with E-state index in [-0.39, 0.29) is 18.0 Å². The van der Waals surface area contributed by atoms with E-state index in [0.29, 0.717) is 16.8 Å². The molecule has 0 atom stereocenters. The maximum Gasteiger partial charge on any atom is 0.296 e. The molecule has 0 bridgehead atoms. The molecule has 1 amide bonds. The lowest BCUT2D eigenvalue weighted by molar-refractivity contribution is -0.114. The third kappa shape index (κ3) is 2.33. The van der Waals surface area contributed by atoms with Crippen LogP contribution in [0.3, 0.4) is 0 Å². The molecule has 0 unspecified atom stereocenters. The Morgan fingerprint density at radius 1 is 0.727 bits per heavy atom. The van der Waals surface area contributed by atoms with Crippen molar-refractivity contribution in [1.82, 2.24) is 0 Å². The molecule has 0 saturated heterocycles. The predicted molar refractivity (Wildman–Crippen MR) is 78.9 cm³/mol. The minimum Gasteiger partial charge on any atom is -0.318 e. The fourth-order valence-electron chi connectivity index (χ4n) is 2.39. The molecule has 22 heavy (non-hydrogen) atoms. The lowest BCUT2D eigenvalue weighted by Crippen LogP contribution is -2.12. The first-order valence-electron chi connectivity index (χ1n) is 6.68. The fourth-order valence-corrected chi connectivity index (χ4v) is 2.39. The van der Waals surface area contributed by atoms with E-state index in [1.807, 2.05) is 12.1 Å². The van der Waals surface area contributed by atoms with Crippen LogP contribution in [0, 0.1) is 0 Å². The van der Waals surface area contributed by atoms with Crippen molar-refractivity contribution in [2.24, 2.45) is 0 Å². The van der Waals surface area contributed by atoms with Crippen LogP contribution >= 0.6 is 0 Å². The Labute approximate surface area is 126 Å². The Morgan fingerprint density at radius 2 is 1.36 bits per heavy atom. The number of amides is 1. The molecule has 0 radical (unpaired) electrons. The van der Waals surface area contributed by atoms with E-state index >= 15 is 0 Å². The van der Waals surface area contributed by atoms with Crippen LogP contribution in [0.1, 0.15) is 26.3 Å². The molecule has 2 aliphatic rings. The molecule has 1 aliphatic heterocycles. The largest absolute Gasteiger partial charge is 0.318 e. The molecule has 0 spiro atoms. The second kappa shape index (κ2) is 5.37. The van der Waals surface area contributed by atoms with Gasteiger partial charge in [0.1, 0.15) is 0 Å². The molecule has 1 aliphatic carbocycles. The third-order valence-electron chi connectivity index (χ3n) is 3.49. The van der Waals surface area contributed by atoms with Crippen LogP contribution < -0.4 is 5.32 Å². The summed E-state index contributed by atoms with van der Waals surface area (Å²) >= 11 is 0. The molecule has 4 rings (SSSR count). The molecule has 5 heteroatoms. The van der Waals surface area contributed by atoms with Gasteiger partial charge in [0.05, 0.1) is 11.3 Å². The molecule has 2 aromatic rings. The van der Waals surface area contributed by atoms with Gasteiger partial charge in [0.2, 0.25) is 11.6 Å². The summed E-state index contributed by atoms with van der Waals surface area (Å²) in [6.45, 7) is 0. The topological polar surface area (TPSA) is 80.3 Å². The first-order chi connectivity index (χ1) is 10.6. The second-order valence-corrected chi connectivity index (χ2v) is 4.92. The van der Waals surface area contributed by atoms with Crippen LogP contribution in [0.15, 0.2) is 48.5 Å². The van der Waals surface area contributed by atoms with Crippen molar-refractivity contribution < 1.29 is 19.2 Å². The number of Topliss-reactive ketones (excluding diaryl/α,β-unsaturated/α-hetero) is 3. The summed E-state index contributed by atoms with van der Waals surface area (Å²) in [7, 11) is 0. The molecule has 5 nitrogen and oxygen atoms in total. The van der Waals surface area contributed by atoms with E-state index in [2.05, 4.69) is 5.32 Å². The predicted octanol–water partition coefficient (Wildman–Crippen LogP) is 1.82. The van der Waals surface area contributed by atoms with E-state index in [4.69, 9.17) is 0 Å². The highest BCUT2D eigenvalue weighted by Gasteiger charge is 2.27. The molecule has 2 aromatic carbocycles. The summed E-state index contributed by atoms with van der Waals surface area (Å²) in [4.78, 5) is 43.7. The number of rotatable bonds is 0. The van der Waals surface area contributed by atoms with Gasteiger partial charge >= 0.3 is 0 Å². The van der Waals surface area contributed by atoms with Crippen molar-refractivity contribution in [2.45, 2.75) is 6.42 Å². The summed E-state index contributed by atoms with van der Waals surface area (Å²) in [6.07, 6.45) is 0.287. The van der Waals surface area contributed by atoms with Crippen molar-refractivity contribution in [3.8, 4) is 0 Å². The van der Waals surface area contributed by atoms with Crippen LogP contribution in [-0.4, -0.2) is 23.3 Å². The zero-order chi connectivity index (χ0) is 15.7. The Bertz CT molecular complexity index is 753. The Balaban J connectivity index is 0.000000131. The summed E-state index contributed by atoms with van der Waals surface area (Å²) in [5.41, 5.74) is 2.53. The fraction of sp³-hybridized carbons (Fsp3) is 0.0588. The molecule has 0 saturated carbocycles. The number of nitrogens with one attached hydrogen (secondary N) is 1. The summed E-state index contributed by atoms with van der Waals surface area (Å²) in [5, 5.41) is 2.46. The van der Waals surface area contributed by atoms with Crippen LogP contribution in [0.4, 0.5) is 5.69 Å². The van der Waals surface area contributed by atoms with Crippen LogP contribution in [-0.2, 0) is 16.0 Å². The Morgan fingerprint density at radius 3 is 2.05 bits per heavy atom. The van der Waals surface area contributed by atoms with Crippen LogP contribution in [0.5, 0.6) is 0 Å². The molecule has 1 heterocycles. The maximum absolute atomic E-state index is 11.0. The zero-order valence-corrected chi connectivity index (χ0v) is 11.5. The van der Waals surface area contributed by atoms with E-state index in [9.17, 15) is 19.2 Å². The highest BCUT2D eigenvalue weighted by Crippen LogP contribution is 2.21. The number of hydrogen-bond acceptors (Lipinski definition) is 4. The quantitative estimate of drug-likeness (QED) is 0.751. The number of benzene rings is 2. The first-order valence-corrected chi connectivity index (χ1v) is 6.68. The van der Waals surface area contributed by atoms with Gasteiger partial charge in [-0.25, -0.2) is 0 Å². The first kappa shape index (κ1) is 13.9. The summed E-state index contributed by atoms with van der Waals surface area (Å²) in [5.74, 6) is -1.60. The molecular weight excluding hydrogens is 282 g/mol. The van der Waals surface area contributed by atoms with Gasteiger partial charge < -0.3 is 5.32 Å². The minimum absolute atomic E-state index is 0.286. The molecule has 1 N–H and O–H groups in total. The molecule has 0 fully saturated rings. The van der Waals surface area contributed by atoms with Crippen molar-refractivity contribution in [2.75, 3.05) is 5.32 Å². The van der Waals surface area contributed by atoms with Crippen LogP contribution in [0.25, 0.3) is 0 Å². The van der Waals surface area contributed by atoms with Crippen molar-refractivity contribution in [3.05, 3.63) is 65.2 Å². The number of hydrogen-bond donors (Lipinski definition) is 1. The SMILES string of the molecule is O=C1Cc2ccccc2C1=O.O=C1Nc2ccccc2C1=O.